The van der Waals surface area contributed by atoms with E-state index in [4.69, 9.17) is 27.9 Å². The van der Waals surface area contributed by atoms with Crippen LogP contribution >= 0.6 is 23.2 Å². The van der Waals surface area contributed by atoms with Crippen LogP contribution in [0.1, 0.15) is 11.1 Å². The molecule has 0 radical (unpaired) electrons. The zero-order valence-electron chi connectivity index (χ0n) is 19.7. The van der Waals surface area contributed by atoms with Gasteiger partial charge in [-0.2, -0.15) is 5.10 Å². The molecule has 2 N–H and O–H groups in total. The second-order valence-electron chi connectivity index (χ2n) is 7.78. The fraction of sp³-hybridized carbons (Fsp3) is 0.160. The van der Waals surface area contributed by atoms with Gasteiger partial charge in [0.25, 0.3) is 11.8 Å². The second kappa shape index (κ2) is 13.1. The normalized spacial score (nSPS) is 11.2. The first-order chi connectivity index (χ1) is 17.6. The molecule has 0 spiro atoms. The van der Waals surface area contributed by atoms with Crippen LogP contribution in [-0.4, -0.2) is 45.9 Å². The number of hydrazone groups is 1. The lowest BCUT2D eigenvalue weighted by molar-refractivity contribution is -0.123. The van der Waals surface area contributed by atoms with Crippen molar-refractivity contribution in [2.24, 2.45) is 5.10 Å². The van der Waals surface area contributed by atoms with E-state index in [1.807, 2.05) is 30.3 Å². The maximum atomic E-state index is 12.3. The van der Waals surface area contributed by atoms with Crippen LogP contribution in [0.2, 0.25) is 10.0 Å². The number of carbonyl (C=O) groups is 2. The van der Waals surface area contributed by atoms with Crippen molar-refractivity contribution in [3.63, 3.8) is 0 Å². The lowest BCUT2D eigenvalue weighted by Gasteiger charge is -2.22. The monoisotopic (exact) mass is 562 g/mol. The molecular formula is C25H24Cl2N4O5S. The van der Waals surface area contributed by atoms with E-state index < -0.39 is 22.5 Å². The number of hydrogen-bond donors (Lipinski definition) is 2. The molecule has 0 unspecified atom stereocenters. The number of amides is 2. The summed E-state index contributed by atoms with van der Waals surface area (Å²) in [7, 11) is -3.83. The van der Waals surface area contributed by atoms with E-state index in [0.29, 0.717) is 17.9 Å². The van der Waals surface area contributed by atoms with Crippen LogP contribution in [0.3, 0.4) is 0 Å². The summed E-state index contributed by atoms with van der Waals surface area (Å²) in [5.41, 5.74) is 4.00. The highest BCUT2D eigenvalue weighted by Gasteiger charge is 2.23. The van der Waals surface area contributed by atoms with Crippen LogP contribution in [0.25, 0.3) is 0 Å². The molecule has 0 heterocycles. The van der Waals surface area contributed by atoms with Crippen molar-refractivity contribution in [1.82, 2.24) is 10.7 Å². The molecule has 0 saturated heterocycles. The number of anilines is 1. The Morgan fingerprint density at radius 1 is 1.00 bits per heavy atom. The molecule has 0 saturated carbocycles. The molecule has 0 aliphatic rings. The van der Waals surface area contributed by atoms with Crippen LogP contribution in [0, 0.1) is 0 Å². The molecule has 0 aromatic heterocycles. The zero-order chi connectivity index (χ0) is 26.8. The average Bonchev–Trinajstić information content (AvgIpc) is 2.87. The van der Waals surface area contributed by atoms with Crippen molar-refractivity contribution in [2.75, 3.05) is 23.7 Å². The van der Waals surface area contributed by atoms with Crippen molar-refractivity contribution in [3.8, 4) is 5.75 Å². The molecule has 0 bridgehead atoms. The third-order valence-corrected chi connectivity index (χ3v) is 6.53. The van der Waals surface area contributed by atoms with Crippen molar-refractivity contribution in [1.29, 1.82) is 0 Å². The first kappa shape index (κ1) is 28.0. The number of ether oxygens (including phenoxy) is 1. The Balaban J connectivity index is 1.49. The molecule has 3 aromatic rings. The number of benzene rings is 3. The number of rotatable bonds is 11. The topological polar surface area (TPSA) is 117 Å². The Hall–Kier alpha value is -3.60. The minimum absolute atomic E-state index is 0.0835. The summed E-state index contributed by atoms with van der Waals surface area (Å²) in [6.45, 7) is -0.266. The standard InChI is InChI=1S/C25H24Cl2N4O5S/c1-37(34,35)31(23-13-20(26)9-12-22(23)27)16-24(32)30-29-15-19-7-10-21(11-8-19)36-17-25(33)28-14-18-5-3-2-4-6-18/h2-13,15H,14,16-17H2,1H3,(H,28,33)(H,30,32)/b29-15-. The van der Waals surface area contributed by atoms with Gasteiger partial charge in [-0.25, -0.2) is 13.8 Å². The summed E-state index contributed by atoms with van der Waals surface area (Å²) in [5, 5.41) is 7.03. The maximum absolute atomic E-state index is 12.3. The van der Waals surface area contributed by atoms with Gasteiger partial charge in [0.2, 0.25) is 10.0 Å². The maximum Gasteiger partial charge on any atom is 0.260 e. The highest BCUT2D eigenvalue weighted by molar-refractivity contribution is 7.92. The number of sulfonamides is 1. The van der Waals surface area contributed by atoms with Gasteiger partial charge in [-0.1, -0.05) is 53.5 Å². The summed E-state index contributed by atoms with van der Waals surface area (Å²) in [6.07, 6.45) is 2.34. The van der Waals surface area contributed by atoms with Crippen LogP contribution in [-0.2, 0) is 26.2 Å². The highest BCUT2D eigenvalue weighted by Crippen LogP contribution is 2.30. The summed E-state index contributed by atoms with van der Waals surface area (Å²) in [4.78, 5) is 24.3. The van der Waals surface area contributed by atoms with Crippen LogP contribution in [0.5, 0.6) is 5.75 Å². The first-order valence-electron chi connectivity index (χ1n) is 10.9. The van der Waals surface area contributed by atoms with E-state index in [9.17, 15) is 18.0 Å². The molecule has 0 fully saturated rings. The Labute approximate surface area is 225 Å². The average molecular weight is 563 g/mol. The minimum Gasteiger partial charge on any atom is -0.484 e. The van der Waals surface area contributed by atoms with Gasteiger partial charge >= 0.3 is 0 Å². The van der Waals surface area contributed by atoms with E-state index in [1.165, 1.54) is 24.4 Å². The fourth-order valence-electron chi connectivity index (χ4n) is 3.05. The van der Waals surface area contributed by atoms with Gasteiger partial charge in [-0.05, 0) is 53.6 Å². The molecule has 12 heteroatoms. The van der Waals surface area contributed by atoms with E-state index in [-0.39, 0.29) is 28.2 Å². The lowest BCUT2D eigenvalue weighted by atomic mass is 10.2. The summed E-state index contributed by atoms with van der Waals surface area (Å²) in [6, 6.07) is 20.5. The van der Waals surface area contributed by atoms with Crippen LogP contribution in [0.15, 0.2) is 77.9 Å². The highest BCUT2D eigenvalue weighted by atomic mass is 35.5. The third-order valence-electron chi connectivity index (χ3n) is 4.85. The molecule has 194 valence electrons. The number of nitrogens with one attached hydrogen (secondary N) is 2. The molecule has 2 amide bonds. The Kier molecular flexibility index (Phi) is 9.90. The molecule has 37 heavy (non-hydrogen) atoms. The van der Waals surface area contributed by atoms with Gasteiger partial charge in [0, 0.05) is 11.6 Å². The quantitative estimate of drug-likeness (QED) is 0.273. The van der Waals surface area contributed by atoms with E-state index in [2.05, 4.69) is 15.8 Å². The molecule has 3 aromatic carbocycles. The largest absolute Gasteiger partial charge is 0.484 e. The van der Waals surface area contributed by atoms with Crippen molar-refractivity contribution in [3.05, 3.63) is 94.0 Å². The molecular weight excluding hydrogens is 539 g/mol. The van der Waals surface area contributed by atoms with E-state index in [1.54, 1.807) is 24.3 Å². The SMILES string of the molecule is CS(=O)(=O)N(CC(=O)N/N=C\c1ccc(OCC(=O)NCc2ccccc2)cc1)c1cc(Cl)ccc1Cl. The number of carbonyl (C=O) groups excluding carboxylic acids is 2. The van der Waals surface area contributed by atoms with Gasteiger partial charge < -0.3 is 10.1 Å². The summed E-state index contributed by atoms with van der Waals surface area (Å²) in [5.74, 6) is -0.447. The van der Waals surface area contributed by atoms with Gasteiger partial charge in [0.15, 0.2) is 6.61 Å². The number of hydrogen-bond acceptors (Lipinski definition) is 6. The molecule has 3 rings (SSSR count). The van der Waals surface area contributed by atoms with E-state index in [0.717, 1.165) is 16.1 Å². The second-order valence-corrected chi connectivity index (χ2v) is 10.5. The summed E-state index contributed by atoms with van der Waals surface area (Å²) >= 11 is 12.0. The Bertz CT molecular complexity index is 1370. The molecule has 9 nitrogen and oxygen atoms in total. The first-order valence-corrected chi connectivity index (χ1v) is 13.5. The number of nitrogens with zero attached hydrogens (tertiary/aromatic N) is 2. The minimum atomic E-state index is -3.83. The van der Waals surface area contributed by atoms with Crippen molar-refractivity contribution >= 4 is 56.9 Å². The van der Waals surface area contributed by atoms with Gasteiger partial charge in [0.1, 0.15) is 12.3 Å². The Morgan fingerprint density at radius 2 is 1.70 bits per heavy atom. The van der Waals surface area contributed by atoms with Gasteiger partial charge in [-0.3, -0.25) is 13.9 Å². The smallest absolute Gasteiger partial charge is 0.260 e. The lowest BCUT2D eigenvalue weighted by Crippen LogP contribution is -2.39. The van der Waals surface area contributed by atoms with Crippen molar-refractivity contribution < 1.29 is 22.7 Å². The van der Waals surface area contributed by atoms with Gasteiger partial charge in [0.05, 0.1) is 23.2 Å². The molecule has 0 atom stereocenters. The van der Waals surface area contributed by atoms with Gasteiger partial charge in [-0.15, -0.1) is 0 Å². The molecule has 0 aliphatic carbocycles. The fourth-order valence-corrected chi connectivity index (χ4v) is 4.35. The van der Waals surface area contributed by atoms with Crippen LogP contribution < -0.4 is 19.8 Å². The Morgan fingerprint density at radius 3 is 2.38 bits per heavy atom. The summed E-state index contributed by atoms with van der Waals surface area (Å²) < 4.78 is 30.8. The molecule has 0 aliphatic heterocycles. The number of halogens is 2. The van der Waals surface area contributed by atoms with Crippen LogP contribution in [0.4, 0.5) is 5.69 Å². The predicted molar refractivity (Wildman–Crippen MR) is 145 cm³/mol. The third kappa shape index (κ3) is 9.09. The zero-order valence-corrected chi connectivity index (χ0v) is 22.1. The van der Waals surface area contributed by atoms with Crippen molar-refractivity contribution in [2.45, 2.75) is 6.54 Å². The van der Waals surface area contributed by atoms with E-state index >= 15 is 0 Å². The predicted octanol–water partition coefficient (Wildman–Crippen LogP) is 3.60.